The van der Waals surface area contributed by atoms with Crippen molar-refractivity contribution >= 4 is 35.9 Å². The van der Waals surface area contributed by atoms with Gasteiger partial charge in [0, 0.05) is 12.3 Å². The molecule has 0 aliphatic carbocycles. The molecule has 13 heteroatoms. The number of carbonyl (C=O) groups is 3. The summed E-state index contributed by atoms with van der Waals surface area (Å²) in [6, 6.07) is 4.61. The molecule has 29 heavy (non-hydrogen) atoms. The molecular formula is C16H18BN5O6S. The summed E-state index contributed by atoms with van der Waals surface area (Å²) in [4.78, 5) is 35.4. The molecule has 0 bridgehead atoms. The molecule has 0 saturated heterocycles. The Kier molecular flexibility index (Phi) is 6.51. The standard InChI is InChI=1S/C16H18BN5O6S/c18-4-5-29-16(26)11-7-22(21-20-11)8-13(23)19-12-6-9-2-1-3-10(15(24)25)14(9)28-17(12)27/h1-3,7,12,27H,4-6,8,18H2,(H,19,23)(H,24,25)/t12-/m0/s1. The van der Waals surface area contributed by atoms with Gasteiger partial charge in [-0.25, -0.2) is 9.48 Å². The van der Waals surface area contributed by atoms with Crippen LogP contribution in [0.5, 0.6) is 5.75 Å². The van der Waals surface area contributed by atoms with Crippen LogP contribution in [-0.2, 0) is 17.8 Å². The number of aromatic carboxylic acids is 1. The van der Waals surface area contributed by atoms with Crippen LogP contribution >= 0.6 is 11.8 Å². The van der Waals surface area contributed by atoms with Crippen molar-refractivity contribution < 1.29 is 29.2 Å². The van der Waals surface area contributed by atoms with Crippen LogP contribution in [0.2, 0.25) is 0 Å². The molecule has 0 radical (unpaired) electrons. The molecule has 1 atom stereocenters. The number of nitrogens with two attached hydrogens (primary N) is 1. The summed E-state index contributed by atoms with van der Waals surface area (Å²) >= 11 is 1.02. The molecule has 0 unspecified atom stereocenters. The van der Waals surface area contributed by atoms with Gasteiger partial charge < -0.3 is 25.8 Å². The summed E-state index contributed by atoms with van der Waals surface area (Å²) < 4.78 is 6.54. The number of rotatable bonds is 7. The van der Waals surface area contributed by atoms with Crippen molar-refractivity contribution in [2.75, 3.05) is 12.3 Å². The fourth-order valence-electron chi connectivity index (χ4n) is 2.81. The van der Waals surface area contributed by atoms with E-state index in [1.165, 1.54) is 16.9 Å². The average molecular weight is 419 g/mol. The van der Waals surface area contributed by atoms with E-state index < -0.39 is 24.9 Å². The Labute approximate surface area is 169 Å². The maximum Gasteiger partial charge on any atom is 0.547 e. The summed E-state index contributed by atoms with van der Waals surface area (Å²) in [6.45, 7) is 0.142. The molecule has 0 fully saturated rings. The molecule has 1 aromatic heterocycles. The fourth-order valence-corrected chi connectivity index (χ4v) is 3.36. The van der Waals surface area contributed by atoms with E-state index in [-0.39, 0.29) is 35.1 Å². The minimum Gasteiger partial charge on any atom is -0.534 e. The number of aromatic nitrogens is 3. The van der Waals surface area contributed by atoms with Crippen molar-refractivity contribution in [3.63, 3.8) is 0 Å². The first kappa shape index (κ1) is 20.8. The lowest BCUT2D eigenvalue weighted by Gasteiger charge is -2.28. The van der Waals surface area contributed by atoms with Crippen LogP contribution in [0.25, 0.3) is 0 Å². The molecule has 1 aliphatic heterocycles. The Morgan fingerprint density at radius 1 is 1.41 bits per heavy atom. The van der Waals surface area contributed by atoms with Gasteiger partial charge in [0.1, 0.15) is 12.3 Å². The molecule has 0 saturated carbocycles. The summed E-state index contributed by atoms with van der Waals surface area (Å²) in [5, 5.41) is 29.2. The van der Waals surface area contributed by atoms with Gasteiger partial charge in [0.2, 0.25) is 11.0 Å². The number of thioether (sulfide) groups is 1. The zero-order valence-electron chi connectivity index (χ0n) is 15.1. The SMILES string of the molecule is NCCSC(=O)c1cn(CC(=O)N[C@H]2Cc3cccc(C(=O)O)c3OB2O)nn1. The third-order valence-corrected chi connectivity index (χ3v) is 5.01. The molecule has 1 aromatic carbocycles. The van der Waals surface area contributed by atoms with E-state index >= 15 is 0 Å². The van der Waals surface area contributed by atoms with Crippen molar-refractivity contribution in [1.29, 1.82) is 0 Å². The largest absolute Gasteiger partial charge is 0.547 e. The van der Waals surface area contributed by atoms with E-state index in [2.05, 4.69) is 15.6 Å². The smallest absolute Gasteiger partial charge is 0.534 e. The number of nitrogens with one attached hydrogen (secondary N) is 1. The number of nitrogens with zero attached hydrogens (tertiary/aromatic N) is 3. The molecule has 2 heterocycles. The van der Waals surface area contributed by atoms with Crippen LogP contribution in [0.1, 0.15) is 26.4 Å². The fraction of sp³-hybridized carbons (Fsp3) is 0.312. The monoisotopic (exact) mass is 419 g/mol. The van der Waals surface area contributed by atoms with Gasteiger partial charge in [-0.3, -0.25) is 9.59 Å². The second kappa shape index (κ2) is 9.07. The Bertz CT molecular complexity index is 938. The lowest BCUT2D eigenvalue weighted by Crippen LogP contribution is -2.53. The predicted octanol–water partition coefficient (Wildman–Crippen LogP) is -1.05. The van der Waals surface area contributed by atoms with Crippen LogP contribution in [0.15, 0.2) is 24.4 Å². The number of para-hydroxylation sites is 1. The van der Waals surface area contributed by atoms with Gasteiger partial charge in [0.05, 0.1) is 17.7 Å². The quantitative estimate of drug-likeness (QED) is 0.406. The zero-order valence-corrected chi connectivity index (χ0v) is 16.0. The van der Waals surface area contributed by atoms with Gasteiger partial charge >= 0.3 is 13.1 Å². The number of carboxylic acids is 1. The van der Waals surface area contributed by atoms with Gasteiger partial charge in [-0.1, -0.05) is 29.1 Å². The average Bonchev–Trinajstić information content (AvgIpc) is 3.14. The minimum atomic E-state index is -1.41. The highest BCUT2D eigenvalue weighted by molar-refractivity contribution is 8.14. The second-order valence-corrected chi connectivity index (χ2v) is 7.28. The Morgan fingerprint density at radius 3 is 2.93 bits per heavy atom. The van der Waals surface area contributed by atoms with Gasteiger partial charge in [-0.2, -0.15) is 0 Å². The van der Waals surface area contributed by atoms with Crippen molar-refractivity contribution in [2.24, 2.45) is 5.73 Å². The molecule has 152 valence electrons. The second-order valence-electron chi connectivity index (χ2n) is 6.21. The van der Waals surface area contributed by atoms with Crippen LogP contribution < -0.4 is 15.7 Å². The maximum atomic E-state index is 12.3. The lowest BCUT2D eigenvalue weighted by atomic mass is 9.72. The van der Waals surface area contributed by atoms with Gasteiger partial charge in [-0.05, 0) is 18.1 Å². The van der Waals surface area contributed by atoms with Gasteiger partial charge in [0.25, 0.3) is 0 Å². The molecule has 5 N–H and O–H groups in total. The van der Waals surface area contributed by atoms with Gasteiger partial charge in [0.15, 0.2) is 5.69 Å². The normalized spacial score (nSPS) is 15.4. The first-order valence-corrected chi connectivity index (χ1v) is 9.64. The first-order valence-electron chi connectivity index (χ1n) is 8.65. The van der Waals surface area contributed by atoms with Crippen LogP contribution in [0.4, 0.5) is 0 Å². The van der Waals surface area contributed by atoms with E-state index in [1.807, 2.05) is 0 Å². The lowest BCUT2D eigenvalue weighted by molar-refractivity contribution is -0.122. The van der Waals surface area contributed by atoms with Crippen molar-refractivity contribution in [2.45, 2.75) is 18.9 Å². The molecule has 0 spiro atoms. The third kappa shape index (κ3) is 4.94. The van der Waals surface area contributed by atoms with Crippen LogP contribution in [0, 0.1) is 0 Å². The predicted molar refractivity (Wildman–Crippen MR) is 104 cm³/mol. The minimum absolute atomic E-state index is 0.0568. The Morgan fingerprint density at radius 2 is 2.21 bits per heavy atom. The molecule has 1 amide bonds. The number of fused-ring (bicyclic) bond motifs is 1. The van der Waals surface area contributed by atoms with Gasteiger partial charge in [-0.15, -0.1) is 5.10 Å². The van der Waals surface area contributed by atoms with E-state index in [1.54, 1.807) is 12.1 Å². The van der Waals surface area contributed by atoms with E-state index in [0.717, 1.165) is 11.8 Å². The number of carboxylic acid groups (broad SMARTS) is 1. The third-order valence-electron chi connectivity index (χ3n) is 4.10. The topological polar surface area (TPSA) is 170 Å². The van der Waals surface area contributed by atoms with E-state index in [4.69, 9.17) is 10.4 Å². The van der Waals surface area contributed by atoms with Crippen molar-refractivity contribution in [1.82, 2.24) is 20.3 Å². The summed E-state index contributed by atoms with van der Waals surface area (Å²) in [5.41, 5.74) is 5.97. The summed E-state index contributed by atoms with van der Waals surface area (Å²) in [6.07, 6.45) is 1.55. The number of carbonyl (C=O) groups excluding carboxylic acids is 2. The zero-order chi connectivity index (χ0) is 21.0. The van der Waals surface area contributed by atoms with E-state index in [9.17, 15) is 24.5 Å². The highest BCUT2D eigenvalue weighted by Crippen LogP contribution is 2.30. The van der Waals surface area contributed by atoms with E-state index in [0.29, 0.717) is 17.9 Å². The molecule has 11 nitrogen and oxygen atoms in total. The molecule has 1 aliphatic rings. The highest BCUT2D eigenvalue weighted by Gasteiger charge is 2.37. The Hall–Kier alpha value is -2.90. The summed E-state index contributed by atoms with van der Waals surface area (Å²) in [7, 11) is -1.41. The number of benzene rings is 1. The molecule has 3 rings (SSSR count). The molecular weight excluding hydrogens is 401 g/mol. The first-order chi connectivity index (χ1) is 13.9. The highest BCUT2D eigenvalue weighted by atomic mass is 32.2. The van der Waals surface area contributed by atoms with Crippen molar-refractivity contribution in [3.05, 3.63) is 41.2 Å². The van der Waals surface area contributed by atoms with Crippen LogP contribution in [0.3, 0.4) is 0 Å². The number of hydrogen-bond donors (Lipinski definition) is 4. The van der Waals surface area contributed by atoms with Crippen LogP contribution in [-0.4, -0.2) is 67.5 Å². The Balaban J connectivity index is 1.62. The van der Waals surface area contributed by atoms with Crippen molar-refractivity contribution in [3.8, 4) is 5.75 Å². The summed E-state index contributed by atoms with van der Waals surface area (Å²) in [5.74, 6) is -1.88. The number of amides is 1. The number of hydrogen-bond acceptors (Lipinski definition) is 9. The molecule has 2 aromatic rings. The maximum absolute atomic E-state index is 12.3.